The number of phenols is 1. The van der Waals surface area contributed by atoms with Crippen LogP contribution in [0.1, 0.15) is 21.5 Å². The van der Waals surface area contributed by atoms with Crippen LogP contribution in [0.15, 0.2) is 36.4 Å². The second-order valence-electron chi connectivity index (χ2n) is 4.37. The summed E-state index contributed by atoms with van der Waals surface area (Å²) >= 11 is 6.01. The van der Waals surface area contributed by atoms with Crippen LogP contribution < -0.4 is 5.32 Å². The molecule has 4 heteroatoms. The van der Waals surface area contributed by atoms with Crippen molar-refractivity contribution in [3.8, 4) is 5.75 Å². The average Bonchev–Trinajstić information content (AvgIpc) is 2.34. The Morgan fingerprint density at radius 2 is 1.95 bits per heavy atom. The lowest BCUT2D eigenvalue weighted by atomic mass is 10.1. The van der Waals surface area contributed by atoms with E-state index in [0.717, 1.165) is 11.1 Å². The Balaban J connectivity index is 2.28. The minimum absolute atomic E-state index is 0.146. The Morgan fingerprint density at radius 1 is 1.21 bits per heavy atom. The lowest BCUT2D eigenvalue weighted by molar-refractivity contribution is 0.102. The van der Waals surface area contributed by atoms with E-state index in [0.29, 0.717) is 16.3 Å². The number of halogens is 1. The van der Waals surface area contributed by atoms with Gasteiger partial charge >= 0.3 is 0 Å². The van der Waals surface area contributed by atoms with Gasteiger partial charge in [0.25, 0.3) is 5.91 Å². The third-order valence-corrected chi connectivity index (χ3v) is 3.38. The first-order chi connectivity index (χ1) is 8.99. The van der Waals surface area contributed by atoms with E-state index in [1.165, 1.54) is 6.07 Å². The second-order valence-corrected chi connectivity index (χ2v) is 4.77. The normalized spacial score (nSPS) is 10.3. The van der Waals surface area contributed by atoms with E-state index in [9.17, 15) is 9.90 Å². The van der Waals surface area contributed by atoms with Gasteiger partial charge in [0.1, 0.15) is 5.75 Å². The molecule has 2 N–H and O–H groups in total. The van der Waals surface area contributed by atoms with E-state index in [2.05, 4.69) is 5.32 Å². The molecule has 0 aliphatic heterocycles. The molecule has 0 aromatic heterocycles. The van der Waals surface area contributed by atoms with Crippen LogP contribution in [0.4, 0.5) is 5.69 Å². The summed E-state index contributed by atoms with van der Waals surface area (Å²) in [5.74, 6) is -0.0733. The lowest BCUT2D eigenvalue weighted by Gasteiger charge is -2.11. The summed E-state index contributed by atoms with van der Waals surface area (Å²) in [7, 11) is 0. The second kappa shape index (κ2) is 5.33. The molecule has 2 aromatic carbocycles. The predicted octanol–water partition coefficient (Wildman–Crippen LogP) is 3.91. The van der Waals surface area contributed by atoms with Crippen molar-refractivity contribution in [2.75, 3.05) is 5.32 Å². The van der Waals surface area contributed by atoms with Gasteiger partial charge in [0.15, 0.2) is 0 Å². The molecule has 2 aromatic rings. The number of amides is 1. The van der Waals surface area contributed by atoms with Crippen LogP contribution in [0.2, 0.25) is 5.02 Å². The molecule has 0 atom stereocenters. The highest BCUT2D eigenvalue weighted by Crippen LogP contribution is 2.24. The molecule has 0 heterocycles. The lowest BCUT2D eigenvalue weighted by Crippen LogP contribution is -2.14. The van der Waals surface area contributed by atoms with E-state index in [-0.39, 0.29) is 11.7 Å². The maximum Gasteiger partial charge on any atom is 0.255 e. The average molecular weight is 276 g/mol. The zero-order valence-electron chi connectivity index (χ0n) is 10.7. The molecule has 0 saturated carbocycles. The van der Waals surface area contributed by atoms with Crippen molar-refractivity contribution < 1.29 is 9.90 Å². The smallest absolute Gasteiger partial charge is 0.255 e. The summed E-state index contributed by atoms with van der Waals surface area (Å²) in [6.45, 7) is 3.63. The molecule has 3 nitrogen and oxygen atoms in total. The molecule has 2 rings (SSSR count). The largest absolute Gasteiger partial charge is 0.508 e. The molecule has 98 valence electrons. The molecule has 0 bridgehead atoms. The first kappa shape index (κ1) is 13.4. The van der Waals surface area contributed by atoms with Gasteiger partial charge in [-0.15, -0.1) is 0 Å². The van der Waals surface area contributed by atoms with Crippen LogP contribution in [-0.4, -0.2) is 11.0 Å². The fourth-order valence-electron chi connectivity index (χ4n) is 1.84. The third kappa shape index (κ3) is 2.88. The van der Waals surface area contributed by atoms with Crippen LogP contribution >= 0.6 is 11.6 Å². The minimum Gasteiger partial charge on any atom is -0.508 e. The van der Waals surface area contributed by atoms with Gasteiger partial charge in [-0.2, -0.15) is 0 Å². The van der Waals surface area contributed by atoms with Gasteiger partial charge in [-0.05, 0) is 55.3 Å². The Morgan fingerprint density at radius 3 is 2.63 bits per heavy atom. The van der Waals surface area contributed by atoms with Crippen LogP contribution in [0.3, 0.4) is 0 Å². The molecule has 0 saturated heterocycles. The van der Waals surface area contributed by atoms with Gasteiger partial charge in [0, 0.05) is 16.3 Å². The first-order valence-electron chi connectivity index (χ1n) is 5.85. The summed E-state index contributed by atoms with van der Waals surface area (Å²) in [5, 5.41) is 12.8. The zero-order chi connectivity index (χ0) is 14.0. The van der Waals surface area contributed by atoms with Crippen LogP contribution in [0.5, 0.6) is 5.75 Å². The Hall–Kier alpha value is -2.00. The number of rotatable bonds is 2. The number of hydrogen-bond acceptors (Lipinski definition) is 2. The molecule has 0 spiro atoms. The van der Waals surface area contributed by atoms with Gasteiger partial charge in [0.2, 0.25) is 0 Å². The van der Waals surface area contributed by atoms with Crippen molar-refractivity contribution in [1.82, 2.24) is 0 Å². The number of aryl methyl sites for hydroxylation is 1. The van der Waals surface area contributed by atoms with Crippen molar-refractivity contribution in [3.05, 3.63) is 58.1 Å². The quantitative estimate of drug-likeness (QED) is 0.873. The highest BCUT2D eigenvalue weighted by Gasteiger charge is 2.11. The Bertz CT molecular complexity index is 638. The number of carbonyl (C=O) groups is 1. The molecular weight excluding hydrogens is 262 g/mol. The summed E-state index contributed by atoms with van der Waals surface area (Å²) in [5.41, 5.74) is 2.76. The van der Waals surface area contributed by atoms with Crippen molar-refractivity contribution in [1.29, 1.82) is 0 Å². The SMILES string of the molecule is Cc1cc(O)ccc1C(=O)Nc1cccc(Cl)c1C. The number of nitrogens with one attached hydrogen (secondary N) is 1. The number of aromatic hydroxyl groups is 1. The Kier molecular flexibility index (Phi) is 3.76. The van der Waals surface area contributed by atoms with Crippen LogP contribution in [0.25, 0.3) is 0 Å². The molecule has 0 aliphatic rings. The molecule has 19 heavy (non-hydrogen) atoms. The predicted molar refractivity (Wildman–Crippen MR) is 77.0 cm³/mol. The number of phenolic OH excluding ortho intramolecular Hbond substituents is 1. The van der Waals surface area contributed by atoms with Gasteiger partial charge in [-0.1, -0.05) is 17.7 Å². The maximum absolute atomic E-state index is 12.2. The number of carbonyl (C=O) groups excluding carboxylic acids is 1. The molecule has 1 amide bonds. The van der Waals surface area contributed by atoms with E-state index in [1.54, 1.807) is 37.3 Å². The number of anilines is 1. The summed E-state index contributed by atoms with van der Waals surface area (Å²) in [4.78, 5) is 12.2. The zero-order valence-corrected chi connectivity index (χ0v) is 11.5. The Labute approximate surface area is 116 Å². The van der Waals surface area contributed by atoms with Crippen molar-refractivity contribution in [2.45, 2.75) is 13.8 Å². The van der Waals surface area contributed by atoms with Crippen LogP contribution in [-0.2, 0) is 0 Å². The minimum atomic E-state index is -0.220. The van der Waals surface area contributed by atoms with E-state index >= 15 is 0 Å². The molecule has 0 fully saturated rings. The van der Waals surface area contributed by atoms with Crippen molar-refractivity contribution >= 4 is 23.2 Å². The number of benzene rings is 2. The summed E-state index contributed by atoms with van der Waals surface area (Å²) in [6.07, 6.45) is 0. The maximum atomic E-state index is 12.2. The van der Waals surface area contributed by atoms with Crippen LogP contribution in [0, 0.1) is 13.8 Å². The summed E-state index contributed by atoms with van der Waals surface area (Å²) < 4.78 is 0. The number of hydrogen-bond donors (Lipinski definition) is 2. The fraction of sp³-hybridized carbons (Fsp3) is 0.133. The molecule has 0 aliphatic carbocycles. The van der Waals surface area contributed by atoms with Gasteiger partial charge in [0.05, 0.1) is 0 Å². The van der Waals surface area contributed by atoms with Crippen molar-refractivity contribution in [2.24, 2.45) is 0 Å². The molecular formula is C15H14ClNO2. The van der Waals surface area contributed by atoms with Gasteiger partial charge < -0.3 is 10.4 Å². The fourth-order valence-corrected chi connectivity index (χ4v) is 2.01. The summed E-state index contributed by atoms with van der Waals surface area (Å²) in [6, 6.07) is 10.0. The highest BCUT2D eigenvalue weighted by atomic mass is 35.5. The monoisotopic (exact) mass is 275 g/mol. The first-order valence-corrected chi connectivity index (χ1v) is 6.23. The third-order valence-electron chi connectivity index (χ3n) is 2.97. The van der Waals surface area contributed by atoms with E-state index in [4.69, 9.17) is 11.6 Å². The molecule has 0 unspecified atom stereocenters. The van der Waals surface area contributed by atoms with Gasteiger partial charge in [-0.25, -0.2) is 0 Å². The molecule has 0 radical (unpaired) electrons. The topological polar surface area (TPSA) is 49.3 Å². The van der Waals surface area contributed by atoms with E-state index < -0.39 is 0 Å². The van der Waals surface area contributed by atoms with Gasteiger partial charge in [-0.3, -0.25) is 4.79 Å². The van der Waals surface area contributed by atoms with E-state index in [1.807, 2.05) is 6.92 Å². The van der Waals surface area contributed by atoms with Crippen molar-refractivity contribution in [3.63, 3.8) is 0 Å². The highest BCUT2D eigenvalue weighted by molar-refractivity contribution is 6.31. The standard InChI is InChI=1S/C15H14ClNO2/c1-9-8-11(18)6-7-12(9)15(19)17-14-5-3-4-13(16)10(14)2/h3-8,18H,1-2H3,(H,17,19).